The molecular weight excluding hydrogens is 546 g/mol. The van der Waals surface area contributed by atoms with Gasteiger partial charge in [0.25, 0.3) is 11.8 Å². The van der Waals surface area contributed by atoms with Gasteiger partial charge in [0.15, 0.2) is 10.8 Å². The Morgan fingerprint density at radius 3 is 2.73 bits per heavy atom. The van der Waals surface area contributed by atoms with Crippen LogP contribution in [0.4, 0.5) is 5.13 Å². The van der Waals surface area contributed by atoms with E-state index in [0.717, 1.165) is 11.3 Å². The van der Waals surface area contributed by atoms with E-state index in [1.807, 2.05) is 6.92 Å². The van der Waals surface area contributed by atoms with Gasteiger partial charge in [0.2, 0.25) is 13.0 Å². The van der Waals surface area contributed by atoms with Crippen molar-refractivity contribution in [3.63, 3.8) is 0 Å². The maximum Gasteiger partial charge on any atom is 0.353 e. The lowest BCUT2D eigenvalue weighted by molar-refractivity contribution is -0.160. The molecular formula is C21H25N5O8S3. The lowest BCUT2D eigenvalue weighted by Crippen LogP contribution is -2.71. The van der Waals surface area contributed by atoms with Crippen LogP contribution < -0.4 is 10.6 Å². The smallest absolute Gasteiger partial charge is 0.353 e. The number of carbonyl (C=O) groups is 5. The van der Waals surface area contributed by atoms with Crippen LogP contribution >= 0.6 is 34.9 Å². The van der Waals surface area contributed by atoms with Crippen molar-refractivity contribution >= 4 is 75.9 Å². The minimum absolute atomic E-state index is 0.0312. The molecule has 200 valence electrons. The summed E-state index contributed by atoms with van der Waals surface area (Å²) in [6, 6.07) is -1.01. The molecule has 0 aliphatic carbocycles. The minimum atomic E-state index is -1.21. The van der Waals surface area contributed by atoms with Crippen molar-refractivity contribution in [3.05, 3.63) is 21.7 Å². The molecule has 1 fully saturated rings. The predicted molar refractivity (Wildman–Crippen MR) is 138 cm³/mol. The molecule has 3 heterocycles. The average Bonchev–Trinajstić information content (AvgIpc) is 3.27. The van der Waals surface area contributed by atoms with Crippen molar-refractivity contribution in [2.45, 2.75) is 44.7 Å². The zero-order valence-electron chi connectivity index (χ0n) is 20.3. The maximum absolute atomic E-state index is 13.1. The molecule has 0 aromatic carbocycles. The first kappa shape index (κ1) is 28.5. The van der Waals surface area contributed by atoms with Crippen LogP contribution in [-0.4, -0.2) is 86.0 Å². The van der Waals surface area contributed by atoms with Gasteiger partial charge in [-0.3, -0.25) is 19.3 Å². The van der Waals surface area contributed by atoms with E-state index in [1.165, 1.54) is 33.8 Å². The number of nitrogens with zero attached hydrogens (tertiary/aromatic N) is 3. The van der Waals surface area contributed by atoms with Gasteiger partial charge in [-0.25, -0.2) is 14.6 Å². The van der Waals surface area contributed by atoms with Crippen LogP contribution in [0.15, 0.2) is 21.1 Å². The van der Waals surface area contributed by atoms with Crippen LogP contribution in [0.2, 0.25) is 0 Å². The number of fused-ring (bicyclic) bond motifs is 1. The quantitative estimate of drug-likeness (QED) is 0.114. The second-order valence-electron chi connectivity index (χ2n) is 8.47. The molecule has 1 aromatic rings. The van der Waals surface area contributed by atoms with Crippen LogP contribution in [-0.2, 0) is 33.5 Å². The lowest BCUT2D eigenvalue weighted by atomic mass is 10.0. The molecule has 16 heteroatoms. The van der Waals surface area contributed by atoms with E-state index < -0.39 is 47.4 Å². The zero-order valence-corrected chi connectivity index (χ0v) is 22.8. The van der Waals surface area contributed by atoms with Crippen molar-refractivity contribution in [1.82, 2.24) is 15.2 Å². The standard InChI is InChI=1S/C21H25N5O8S3/c1-5-35-11-8-36-18-14(17(30)26(18)15(11)19(31)32)24-16(29)13(10-7-37-20(23-10)22-9-27)25-33-6-12(28)34-21(2,3)4/h7,9,14,18H,5-6,8H2,1-4H3,(H,24,29)(H,31,32)(H,22,23,27)/t14?,18-/m0/s1. The number of carbonyl (C=O) groups excluding carboxylic acids is 4. The van der Waals surface area contributed by atoms with Crippen LogP contribution in [0.3, 0.4) is 0 Å². The lowest BCUT2D eigenvalue weighted by Gasteiger charge is -2.49. The summed E-state index contributed by atoms with van der Waals surface area (Å²) in [6.07, 6.45) is 0.416. The van der Waals surface area contributed by atoms with Crippen molar-refractivity contribution < 1.29 is 38.7 Å². The number of aromatic nitrogens is 1. The fraction of sp³-hybridized carbons (Fsp3) is 0.476. The van der Waals surface area contributed by atoms with Gasteiger partial charge >= 0.3 is 11.9 Å². The molecule has 13 nitrogen and oxygen atoms in total. The molecule has 0 saturated carbocycles. The normalized spacial score (nSPS) is 19.5. The number of oxime groups is 1. The molecule has 1 aromatic heterocycles. The maximum atomic E-state index is 13.1. The van der Waals surface area contributed by atoms with Crippen LogP contribution in [0.5, 0.6) is 0 Å². The Morgan fingerprint density at radius 2 is 2.11 bits per heavy atom. The molecule has 2 atom stereocenters. The van der Waals surface area contributed by atoms with Crippen LogP contribution in [0.25, 0.3) is 0 Å². The summed E-state index contributed by atoms with van der Waals surface area (Å²) >= 11 is 3.71. The van der Waals surface area contributed by atoms with Crippen molar-refractivity contribution in [2.75, 3.05) is 23.4 Å². The first-order valence-corrected chi connectivity index (χ1v) is 13.8. The van der Waals surface area contributed by atoms with Gasteiger partial charge in [-0.1, -0.05) is 12.1 Å². The summed E-state index contributed by atoms with van der Waals surface area (Å²) in [5.41, 5.74) is -1.14. The molecule has 3 amide bonds. The number of nitrogens with one attached hydrogen (secondary N) is 2. The second kappa shape index (κ2) is 12.0. The Labute approximate surface area is 224 Å². The highest BCUT2D eigenvalue weighted by atomic mass is 32.2. The number of anilines is 1. The topological polar surface area (TPSA) is 177 Å². The molecule has 0 radical (unpaired) electrons. The number of thiazole rings is 1. The third-order valence-electron chi connectivity index (χ3n) is 4.64. The number of carboxylic acids is 1. The minimum Gasteiger partial charge on any atom is -0.477 e. The Bertz CT molecular complexity index is 1160. The number of esters is 1. The van der Waals surface area contributed by atoms with E-state index in [4.69, 9.17) is 9.57 Å². The van der Waals surface area contributed by atoms with Crippen LogP contribution in [0, 0.1) is 0 Å². The third-order valence-corrected chi connectivity index (χ3v) is 7.85. The number of carboxylic acid groups (broad SMARTS) is 1. The van der Waals surface area contributed by atoms with Gasteiger partial charge in [0.05, 0.1) is 0 Å². The molecule has 1 unspecified atom stereocenters. The van der Waals surface area contributed by atoms with Gasteiger partial charge in [-0.2, -0.15) is 0 Å². The molecule has 0 spiro atoms. The molecule has 3 rings (SSSR count). The van der Waals surface area contributed by atoms with Crippen molar-refractivity contribution in [3.8, 4) is 0 Å². The summed E-state index contributed by atoms with van der Waals surface area (Å²) in [7, 11) is 0. The van der Waals surface area contributed by atoms with E-state index in [-0.39, 0.29) is 22.2 Å². The Hall–Kier alpha value is -3.11. The summed E-state index contributed by atoms with van der Waals surface area (Å²) in [5, 5.41) is 19.3. The van der Waals surface area contributed by atoms with E-state index in [2.05, 4.69) is 20.8 Å². The molecule has 2 aliphatic rings. The number of hydrogen-bond acceptors (Lipinski definition) is 12. The predicted octanol–water partition coefficient (Wildman–Crippen LogP) is 1.22. The largest absolute Gasteiger partial charge is 0.477 e. The average molecular weight is 572 g/mol. The molecule has 37 heavy (non-hydrogen) atoms. The molecule has 0 bridgehead atoms. The van der Waals surface area contributed by atoms with Crippen LogP contribution in [0.1, 0.15) is 33.4 Å². The summed E-state index contributed by atoms with van der Waals surface area (Å²) < 4.78 is 5.14. The monoisotopic (exact) mass is 571 g/mol. The summed E-state index contributed by atoms with van der Waals surface area (Å²) in [5.74, 6) is -2.30. The Morgan fingerprint density at radius 1 is 1.38 bits per heavy atom. The van der Waals surface area contributed by atoms with Crippen molar-refractivity contribution in [1.29, 1.82) is 0 Å². The third kappa shape index (κ3) is 6.81. The van der Waals surface area contributed by atoms with Crippen molar-refractivity contribution in [2.24, 2.45) is 5.16 Å². The van der Waals surface area contributed by atoms with E-state index in [1.54, 1.807) is 20.8 Å². The van der Waals surface area contributed by atoms with Gasteiger partial charge in [-0.05, 0) is 26.5 Å². The number of rotatable bonds is 11. The number of thioether (sulfide) groups is 2. The fourth-order valence-electron chi connectivity index (χ4n) is 3.31. The van der Waals surface area contributed by atoms with E-state index in [0.29, 0.717) is 22.8 Å². The summed E-state index contributed by atoms with van der Waals surface area (Å²) in [6.45, 7) is 6.34. The highest BCUT2D eigenvalue weighted by molar-refractivity contribution is 8.06. The number of hydrogen-bond donors (Lipinski definition) is 3. The van der Waals surface area contributed by atoms with E-state index in [9.17, 15) is 29.1 Å². The van der Waals surface area contributed by atoms with Gasteiger partial charge in [0.1, 0.15) is 28.4 Å². The number of amides is 3. The first-order valence-electron chi connectivity index (χ1n) is 10.9. The zero-order chi connectivity index (χ0) is 27.3. The number of ether oxygens (including phenoxy) is 1. The van der Waals surface area contributed by atoms with Gasteiger partial charge in [-0.15, -0.1) is 34.9 Å². The number of β-lactam (4-membered cyclic amide) rings is 1. The summed E-state index contributed by atoms with van der Waals surface area (Å²) in [4.78, 5) is 71.4. The Balaban J connectivity index is 1.78. The second-order valence-corrected chi connectivity index (χ2v) is 11.8. The van der Waals surface area contributed by atoms with Gasteiger partial charge in [0, 0.05) is 16.0 Å². The SMILES string of the molecule is CCSC1=C(C(=O)O)N2C(=O)C(NC(=O)C(=NOCC(=O)OC(C)(C)C)c3csc(NC=O)n3)[C@@H]2SC1. The van der Waals surface area contributed by atoms with E-state index >= 15 is 0 Å². The first-order chi connectivity index (χ1) is 17.5. The fourth-order valence-corrected chi connectivity index (χ4v) is 6.37. The Kier molecular flexibility index (Phi) is 9.20. The number of aliphatic carboxylic acids is 1. The highest BCUT2D eigenvalue weighted by Gasteiger charge is 2.54. The molecule has 1 saturated heterocycles. The molecule has 2 aliphatic heterocycles. The highest BCUT2D eigenvalue weighted by Crippen LogP contribution is 2.43. The molecule has 3 N–H and O–H groups in total. The van der Waals surface area contributed by atoms with Gasteiger partial charge < -0.3 is 25.3 Å².